The van der Waals surface area contributed by atoms with Gasteiger partial charge in [-0.05, 0) is 45.2 Å². The lowest BCUT2D eigenvalue weighted by Gasteiger charge is -2.57. The third-order valence-electron chi connectivity index (χ3n) is 5.97. The molecule has 3 saturated heterocycles. The fourth-order valence-corrected chi connectivity index (χ4v) is 5.79. The van der Waals surface area contributed by atoms with Gasteiger partial charge in [0.1, 0.15) is 5.01 Å². The number of hydrogen-bond donors (Lipinski definition) is 0. The van der Waals surface area contributed by atoms with Crippen molar-refractivity contribution >= 4 is 17.2 Å². The van der Waals surface area contributed by atoms with E-state index in [-0.39, 0.29) is 0 Å². The third kappa shape index (κ3) is 3.11. The van der Waals surface area contributed by atoms with Crippen molar-refractivity contribution in [1.82, 2.24) is 19.7 Å². The summed E-state index contributed by atoms with van der Waals surface area (Å²) >= 11 is 1.75. The molecule has 3 fully saturated rings. The van der Waals surface area contributed by atoms with Crippen molar-refractivity contribution < 1.29 is 4.79 Å². The summed E-state index contributed by atoms with van der Waals surface area (Å²) in [4.78, 5) is 24.3. The second kappa shape index (κ2) is 6.73. The molecule has 4 atom stereocenters. The Kier molecular flexibility index (Phi) is 4.62. The number of piperidine rings is 3. The minimum atomic E-state index is 0.383. The van der Waals surface area contributed by atoms with Crippen molar-refractivity contribution in [2.24, 2.45) is 11.8 Å². The summed E-state index contributed by atoms with van der Waals surface area (Å²) in [6, 6.07) is 0.847. The lowest BCUT2D eigenvalue weighted by atomic mass is 9.72. The molecule has 5 nitrogen and oxygen atoms in total. The summed E-state index contributed by atoms with van der Waals surface area (Å²) in [6.45, 7) is 4.19. The van der Waals surface area contributed by atoms with Crippen LogP contribution in [-0.4, -0.2) is 71.4 Å². The van der Waals surface area contributed by atoms with Crippen LogP contribution >= 0.6 is 11.3 Å². The number of amides is 1. The van der Waals surface area contributed by atoms with Crippen LogP contribution in [0.5, 0.6) is 0 Å². The number of fused-ring (bicyclic) bond motifs is 4. The highest BCUT2D eigenvalue weighted by Crippen LogP contribution is 2.42. The van der Waals surface area contributed by atoms with E-state index in [1.807, 2.05) is 6.20 Å². The predicted molar refractivity (Wildman–Crippen MR) is 95.8 cm³/mol. The van der Waals surface area contributed by atoms with Crippen molar-refractivity contribution in [3.63, 3.8) is 0 Å². The van der Waals surface area contributed by atoms with Crippen LogP contribution in [0.15, 0.2) is 11.6 Å². The van der Waals surface area contributed by atoms with E-state index in [2.05, 4.69) is 39.2 Å². The summed E-state index contributed by atoms with van der Waals surface area (Å²) in [5.41, 5.74) is 0. The Balaban J connectivity index is 1.56. The van der Waals surface area contributed by atoms with Crippen molar-refractivity contribution in [2.45, 2.75) is 44.3 Å². The fourth-order valence-electron chi connectivity index (χ4n) is 5.13. The molecule has 132 valence electrons. The van der Waals surface area contributed by atoms with E-state index in [1.165, 1.54) is 17.8 Å². The van der Waals surface area contributed by atoms with Gasteiger partial charge in [-0.3, -0.25) is 9.69 Å². The Hall–Kier alpha value is -0.980. The van der Waals surface area contributed by atoms with Gasteiger partial charge < -0.3 is 9.80 Å². The molecule has 0 spiro atoms. The normalized spacial score (nSPS) is 33.8. The van der Waals surface area contributed by atoms with Gasteiger partial charge in [0.2, 0.25) is 5.91 Å². The highest BCUT2D eigenvalue weighted by Gasteiger charge is 2.49. The van der Waals surface area contributed by atoms with Crippen LogP contribution in [0.1, 0.15) is 30.7 Å². The van der Waals surface area contributed by atoms with Crippen molar-refractivity contribution in [3.05, 3.63) is 16.6 Å². The first-order valence-electron chi connectivity index (χ1n) is 9.18. The molecule has 0 radical (unpaired) electrons. The first kappa shape index (κ1) is 16.5. The number of likely N-dealkylation sites (N-methyl/N-ethyl adjacent to an activating group) is 1. The molecule has 3 aliphatic heterocycles. The Labute approximate surface area is 148 Å². The summed E-state index contributed by atoms with van der Waals surface area (Å²) in [7, 11) is 4.26. The Morgan fingerprint density at radius 2 is 2.17 bits per heavy atom. The summed E-state index contributed by atoms with van der Waals surface area (Å²) in [5.74, 6) is 1.65. The largest absolute Gasteiger partial charge is 0.335 e. The predicted octanol–water partition coefficient (Wildman–Crippen LogP) is 1.91. The average Bonchev–Trinajstić information content (AvgIpc) is 3.04. The van der Waals surface area contributed by atoms with Gasteiger partial charge in [-0.2, -0.15) is 0 Å². The second-order valence-electron chi connectivity index (χ2n) is 7.97. The molecule has 0 aromatic carbocycles. The van der Waals surface area contributed by atoms with E-state index in [0.29, 0.717) is 29.8 Å². The quantitative estimate of drug-likeness (QED) is 0.833. The third-order valence-corrected chi connectivity index (χ3v) is 6.73. The molecular weight excluding hydrogens is 320 g/mol. The van der Waals surface area contributed by atoms with E-state index in [9.17, 15) is 4.79 Å². The van der Waals surface area contributed by atoms with Crippen LogP contribution in [0, 0.1) is 11.8 Å². The minimum Gasteiger partial charge on any atom is -0.335 e. The van der Waals surface area contributed by atoms with Gasteiger partial charge >= 0.3 is 0 Å². The van der Waals surface area contributed by atoms with Gasteiger partial charge in [-0.25, -0.2) is 4.98 Å². The van der Waals surface area contributed by atoms with Gasteiger partial charge in [-0.1, -0.05) is 0 Å². The van der Waals surface area contributed by atoms with Crippen molar-refractivity contribution in [3.8, 4) is 0 Å². The molecule has 0 saturated carbocycles. The topological polar surface area (TPSA) is 39.7 Å². The molecular formula is C18H28N4OS. The van der Waals surface area contributed by atoms with Gasteiger partial charge in [0.15, 0.2) is 0 Å². The van der Waals surface area contributed by atoms with E-state index >= 15 is 0 Å². The smallest absolute Gasteiger partial charge is 0.223 e. The van der Waals surface area contributed by atoms with Crippen molar-refractivity contribution in [1.29, 1.82) is 0 Å². The maximum Gasteiger partial charge on any atom is 0.223 e. The molecule has 24 heavy (non-hydrogen) atoms. The Morgan fingerprint density at radius 3 is 2.92 bits per heavy atom. The first-order chi connectivity index (χ1) is 11.6. The number of thiazole rings is 1. The number of nitrogens with zero attached hydrogens (tertiary/aromatic N) is 4. The molecule has 6 heteroatoms. The first-order valence-corrected chi connectivity index (χ1v) is 10.1. The highest BCUT2D eigenvalue weighted by molar-refractivity contribution is 7.09. The number of likely N-dealkylation sites (tertiary alicyclic amines) is 1. The number of aromatic nitrogens is 1. The zero-order chi connectivity index (χ0) is 16.7. The van der Waals surface area contributed by atoms with Crippen molar-refractivity contribution in [2.75, 3.05) is 33.7 Å². The van der Waals surface area contributed by atoms with Crippen LogP contribution in [0.25, 0.3) is 0 Å². The second-order valence-corrected chi connectivity index (χ2v) is 8.95. The minimum absolute atomic E-state index is 0.383. The molecule has 1 aromatic heterocycles. The molecule has 1 aromatic rings. The molecule has 4 heterocycles. The van der Waals surface area contributed by atoms with Gasteiger partial charge in [0.25, 0.3) is 0 Å². The molecule has 4 rings (SSSR count). The lowest BCUT2D eigenvalue weighted by Crippen LogP contribution is -2.66. The zero-order valence-electron chi connectivity index (χ0n) is 14.7. The SMILES string of the molecule is CN(C)C[C@H]1[C@H]2C[C@H](CN(Cc3nccs3)C2)[C@@H]2CCCC(=O)N21. The van der Waals surface area contributed by atoms with Gasteiger partial charge in [0.05, 0.1) is 6.54 Å². The molecule has 2 bridgehead atoms. The van der Waals surface area contributed by atoms with E-state index in [1.54, 1.807) is 11.3 Å². The highest BCUT2D eigenvalue weighted by atomic mass is 32.1. The summed E-state index contributed by atoms with van der Waals surface area (Å²) in [6.07, 6.45) is 6.21. The molecule has 0 N–H and O–H groups in total. The summed E-state index contributed by atoms with van der Waals surface area (Å²) < 4.78 is 0. The molecule has 3 aliphatic rings. The Morgan fingerprint density at radius 1 is 1.33 bits per heavy atom. The van der Waals surface area contributed by atoms with E-state index in [0.717, 1.165) is 39.0 Å². The van der Waals surface area contributed by atoms with E-state index < -0.39 is 0 Å². The maximum absolute atomic E-state index is 12.7. The van der Waals surface area contributed by atoms with Crippen LogP contribution in [0.2, 0.25) is 0 Å². The van der Waals surface area contributed by atoms with Crippen LogP contribution < -0.4 is 0 Å². The van der Waals surface area contributed by atoms with Gasteiger partial charge in [0, 0.05) is 49.7 Å². The average molecular weight is 349 g/mol. The fraction of sp³-hybridized carbons (Fsp3) is 0.778. The molecule has 0 aliphatic carbocycles. The lowest BCUT2D eigenvalue weighted by molar-refractivity contribution is -0.153. The monoisotopic (exact) mass is 348 g/mol. The maximum atomic E-state index is 12.7. The van der Waals surface area contributed by atoms with Crippen LogP contribution in [0.4, 0.5) is 0 Å². The molecule has 1 amide bonds. The van der Waals surface area contributed by atoms with Crippen LogP contribution in [0.3, 0.4) is 0 Å². The van der Waals surface area contributed by atoms with E-state index in [4.69, 9.17) is 0 Å². The summed E-state index contributed by atoms with van der Waals surface area (Å²) in [5, 5.41) is 3.28. The number of rotatable bonds is 4. The van der Waals surface area contributed by atoms with Gasteiger partial charge in [-0.15, -0.1) is 11.3 Å². The number of hydrogen-bond acceptors (Lipinski definition) is 5. The molecule has 0 unspecified atom stereocenters. The standard InChI is InChI=1S/C18H28N4OS/c1-20(2)11-16-14-8-13(15-4-3-5-18(23)22(15)16)9-21(10-14)12-17-19-6-7-24-17/h6-7,13-16H,3-5,8-12H2,1-2H3/t13-,14+,15+,16+/m1/s1. The zero-order valence-corrected chi connectivity index (χ0v) is 15.5. The van der Waals surface area contributed by atoms with Crippen LogP contribution in [-0.2, 0) is 11.3 Å². The Bertz CT molecular complexity index is 576. The number of carbonyl (C=O) groups is 1. The number of carbonyl (C=O) groups excluding carboxylic acids is 1.